The van der Waals surface area contributed by atoms with E-state index in [1.54, 1.807) is 12.1 Å². The minimum atomic E-state index is 0.150. The highest BCUT2D eigenvalue weighted by Gasteiger charge is 2.20. The van der Waals surface area contributed by atoms with E-state index >= 15 is 0 Å². The van der Waals surface area contributed by atoms with Gasteiger partial charge in [-0.25, -0.2) is 0 Å². The predicted octanol–water partition coefficient (Wildman–Crippen LogP) is 2.49. The quantitative estimate of drug-likeness (QED) is 0.830. The molecule has 1 amide bonds. The first-order valence-electron chi connectivity index (χ1n) is 8.24. The Hall–Kier alpha value is -1.92. The number of piperazine rings is 1. The van der Waals surface area contributed by atoms with Crippen LogP contribution in [0.5, 0.6) is 0 Å². The van der Waals surface area contributed by atoms with Crippen LogP contribution in [0.25, 0.3) is 11.4 Å². The summed E-state index contributed by atoms with van der Waals surface area (Å²) in [5.74, 6) is 1.16. The molecule has 3 rings (SSSR count). The van der Waals surface area contributed by atoms with E-state index < -0.39 is 0 Å². The summed E-state index contributed by atoms with van der Waals surface area (Å²) in [6, 6.07) is 7.25. The van der Waals surface area contributed by atoms with E-state index in [-0.39, 0.29) is 5.91 Å². The minimum absolute atomic E-state index is 0.150. The lowest BCUT2D eigenvalue weighted by Gasteiger charge is -2.34. The second kappa shape index (κ2) is 7.77. The standard InChI is InChI=1S/C17H21ClN4O2/c1-2-21-9-11-22(12-10-21)16(23)8-7-15-19-17(20-24-15)13-3-5-14(18)6-4-13/h3-6H,2,7-12H2,1H3. The fraction of sp³-hybridized carbons (Fsp3) is 0.471. The Balaban J connectivity index is 1.52. The molecule has 1 aromatic carbocycles. The molecule has 0 saturated carbocycles. The Kier molecular flexibility index (Phi) is 5.48. The van der Waals surface area contributed by atoms with Crippen molar-refractivity contribution in [3.63, 3.8) is 0 Å². The molecule has 2 aromatic rings. The molecule has 1 saturated heterocycles. The lowest BCUT2D eigenvalue weighted by atomic mass is 10.2. The van der Waals surface area contributed by atoms with Gasteiger partial charge in [0.05, 0.1) is 0 Å². The number of benzene rings is 1. The van der Waals surface area contributed by atoms with Gasteiger partial charge in [0.25, 0.3) is 0 Å². The van der Waals surface area contributed by atoms with Crippen molar-refractivity contribution in [1.82, 2.24) is 19.9 Å². The van der Waals surface area contributed by atoms with Crippen molar-refractivity contribution in [3.8, 4) is 11.4 Å². The molecular formula is C17H21ClN4O2. The van der Waals surface area contributed by atoms with Crippen molar-refractivity contribution in [1.29, 1.82) is 0 Å². The van der Waals surface area contributed by atoms with Gasteiger partial charge >= 0.3 is 0 Å². The molecule has 1 aromatic heterocycles. The van der Waals surface area contributed by atoms with Crippen molar-refractivity contribution in [2.75, 3.05) is 32.7 Å². The Morgan fingerprint density at radius 3 is 2.58 bits per heavy atom. The van der Waals surface area contributed by atoms with Gasteiger partial charge in [0.15, 0.2) is 0 Å². The number of nitrogens with zero attached hydrogens (tertiary/aromatic N) is 4. The molecule has 0 N–H and O–H groups in total. The van der Waals surface area contributed by atoms with Crippen LogP contribution in [-0.4, -0.2) is 58.6 Å². The summed E-state index contributed by atoms with van der Waals surface area (Å²) in [6.07, 6.45) is 0.863. The third-order valence-electron chi connectivity index (χ3n) is 4.30. The van der Waals surface area contributed by atoms with Crippen LogP contribution in [0.4, 0.5) is 0 Å². The van der Waals surface area contributed by atoms with E-state index in [2.05, 4.69) is 22.0 Å². The number of amides is 1. The number of halogens is 1. The van der Waals surface area contributed by atoms with Gasteiger partial charge in [0.2, 0.25) is 17.6 Å². The van der Waals surface area contributed by atoms with Crippen molar-refractivity contribution in [3.05, 3.63) is 35.2 Å². The number of hydrogen-bond donors (Lipinski definition) is 0. The smallest absolute Gasteiger partial charge is 0.227 e. The largest absolute Gasteiger partial charge is 0.340 e. The number of rotatable bonds is 5. The molecule has 6 nitrogen and oxygen atoms in total. The van der Waals surface area contributed by atoms with Crippen molar-refractivity contribution >= 4 is 17.5 Å². The molecule has 0 bridgehead atoms. The van der Waals surface area contributed by atoms with Crippen molar-refractivity contribution in [2.45, 2.75) is 19.8 Å². The maximum atomic E-state index is 12.3. The summed E-state index contributed by atoms with van der Waals surface area (Å²) in [7, 11) is 0. The Bertz CT molecular complexity index is 678. The molecule has 1 aliphatic rings. The van der Waals surface area contributed by atoms with Crippen LogP contribution in [0.3, 0.4) is 0 Å². The molecule has 2 heterocycles. The maximum absolute atomic E-state index is 12.3. The molecule has 0 atom stereocenters. The second-order valence-corrected chi connectivity index (χ2v) is 6.27. The van der Waals surface area contributed by atoms with Crippen LogP contribution < -0.4 is 0 Å². The molecule has 0 aliphatic carbocycles. The van der Waals surface area contributed by atoms with E-state index in [0.717, 1.165) is 38.3 Å². The van der Waals surface area contributed by atoms with Gasteiger partial charge in [-0.1, -0.05) is 23.7 Å². The molecule has 1 aliphatic heterocycles. The van der Waals surface area contributed by atoms with Gasteiger partial charge in [-0.2, -0.15) is 4.98 Å². The zero-order valence-electron chi connectivity index (χ0n) is 13.7. The van der Waals surface area contributed by atoms with Crippen molar-refractivity contribution in [2.24, 2.45) is 0 Å². The topological polar surface area (TPSA) is 62.5 Å². The summed E-state index contributed by atoms with van der Waals surface area (Å²) < 4.78 is 5.25. The van der Waals surface area contributed by atoms with Crippen LogP contribution in [0.1, 0.15) is 19.2 Å². The number of aromatic nitrogens is 2. The first kappa shape index (κ1) is 16.9. The highest BCUT2D eigenvalue weighted by atomic mass is 35.5. The Morgan fingerprint density at radius 1 is 1.21 bits per heavy atom. The number of carbonyl (C=O) groups is 1. The van der Waals surface area contributed by atoms with E-state index in [1.165, 1.54) is 0 Å². The summed E-state index contributed by atoms with van der Waals surface area (Å²) in [5.41, 5.74) is 0.844. The van der Waals surface area contributed by atoms with Gasteiger partial charge in [-0.05, 0) is 30.8 Å². The normalized spacial score (nSPS) is 15.7. The lowest BCUT2D eigenvalue weighted by molar-refractivity contribution is -0.132. The number of aryl methyl sites for hydroxylation is 1. The van der Waals surface area contributed by atoms with Gasteiger partial charge < -0.3 is 14.3 Å². The summed E-state index contributed by atoms with van der Waals surface area (Å²) >= 11 is 5.87. The number of hydrogen-bond acceptors (Lipinski definition) is 5. The monoisotopic (exact) mass is 348 g/mol. The fourth-order valence-electron chi connectivity index (χ4n) is 2.76. The van der Waals surface area contributed by atoms with Crippen molar-refractivity contribution < 1.29 is 9.32 Å². The summed E-state index contributed by atoms with van der Waals surface area (Å²) in [6.45, 7) is 6.68. The summed E-state index contributed by atoms with van der Waals surface area (Å²) in [5, 5.41) is 4.63. The second-order valence-electron chi connectivity index (χ2n) is 5.83. The molecule has 0 radical (unpaired) electrons. The third kappa shape index (κ3) is 4.13. The van der Waals surface area contributed by atoms with E-state index in [9.17, 15) is 4.79 Å². The molecule has 0 unspecified atom stereocenters. The van der Waals surface area contributed by atoms with Crippen LogP contribution in [0, 0.1) is 0 Å². The number of likely N-dealkylation sites (N-methyl/N-ethyl adjacent to an activating group) is 1. The first-order valence-corrected chi connectivity index (χ1v) is 8.62. The minimum Gasteiger partial charge on any atom is -0.340 e. The molecule has 1 fully saturated rings. The van der Waals surface area contributed by atoms with E-state index in [1.807, 2.05) is 17.0 Å². The lowest BCUT2D eigenvalue weighted by Crippen LogP contribution is -2.48. The Morgan fingerprint density at radius 2 is 1.92 bits per heavy atom. The van der Waals surface area contributed by atoms with E-state index in [0.29, 0.717) is 29.6 Å². The molecular weight excluding hydrogens is 328 g/mol. The molecule has 7 heteroatoms. The predicted molar refractivity (Wildman–Crippen MR) is 91.8 cm³/mol. The van der Waals surface area contributed by atoms with E-state index in [4.69, 9.17) is 16.1 Å². The molecule has 24 heavy (non-hydrogen) atoms. The van der Waals surface area contributed by atoms with Crippen LogP contribution in [-0.2, 0) is 11.2 Å². The SMILES string of the molecule is CCN1CCN(C(=O)CCc2nc(-c3ccc(Cl)cc3)no2)CC1. The number of carbonyl (C=O) groups excluding carboxylic acids is 1. The van der Waals surface area contributed by atoms with Gasteiger partial charge in [-0.15, -0.1) is 0 Å². The van der Waals surface area contributed by atoms with Crippen LogP contribution in [0.2, 0.25) is 5.02 Å². The first-order chi connectivity index (χ1) is 11.7. The zero-order valence-corrected chi connectivity index (χ0v) is 14.5. The third-order valence-corrected chi connectivity index (χ3v) is 4.55. The van der Waals surface area contributed by atoms with Crippen LogP contribution >= 0.6 is 11.6 Å². The highest BCUT2D eigenvalue weighted by Crippen LogP contribution is 2.19. The van der Waals surface area contributed by atoms with Crippen LogP contribution in [0.15, 0.2) is 28.8 Å². The van der Waals surface area contributed by atoms with Gasteiger partial charge in [-0.3, -0.25) is 4.79 Å². The maximum Gasteiger partial charge on any atom is 0.227 e. The molecule has 0 spiro atoms. The van der Waals surface area contributed by atoms with Gasteiger partial charge in [0.1, 0.15) is 0 Å². The van der Waals surface area contributed by atoms with Gasteiger partial charge in [0, 0.05) is 49.6 Å². The highest BCUT2D eigenvalue weighted by molar-refractivity contribution is 6.30. The fourth-order valence-corrected chi connectivity index (χ4v) is 2.88. The average molecular weight is 349 g/mol. The summed E-state index contributed by atoms with van der Waals surface area (Å²) in [4.78, 5) is 20.9. The average Bonchev–Trinajstić information content (AvgIpc) is 3.09. The molecule has 128 valence electrons. The Labute approximate surface area is 146 Å². The zero-order chi connectivity index (χ0) is 16.9.